The molecule has 0 saturated heterocycles. The fourth-order valence-electron chi connectivity index (χ4n) is 2.32. The molecule has 0 aromatic heterocycles. The van der Waals surface area contributed by atoms with Gasteiger partial charge in [0.2, 0.25) is 0 Å². The SMILES string of the molecule is CC(C)(C)OC(=O)[C@H](COCc1ccccc1)NC(=O)OCc1ccccc1. The number of alkyl carbamates (subject to hydrolysis) is 1. The minimum absolute atomic E-state index is 0.0236. The average molecular weight is 385 g/mol. The van der Waals surface area contributed by atoms with Gasteiger partial charge in [0, 0.05) is 0 Å². The Bertz CT molecular complexity index is 741. The predicted molar refractivity (Wildman–Crippen MR) is 105 cm³/mol. The molecular weight excluding hydrogens is 358 g/mol. The van der Waals surface area contributed by atoms with Crippen LogP contribution >= 0.6 is 0 Å². The molecule has 150 valence electrons. The minimum Gasteiger partial charge on any atom is -0.458 e. The molecule has 2 rings (SSSR count). The van der Waals surface area contributed by atoms with E-state index < -0.39 is 23.7 Å². The fourth-order valence-corrected chi connectivity index (χ4v) is 2.32. The van der Waals surface area contributed by atoms with Gasteiger partial charge in [0.15, 0.2) is 6.04 Å². The zero-order chi connectivity index (χ0) is 20.4. The van der Waals surface area contributed by atoms with Crippen molar-refractivity contribution in [2.45, 2.75) is 45.6 Å². The molecule has 0 spiro atoms. The van der Waals surface area contributed by atoms with Crippen molar-refractivity contribution in [3.05, 3.63) is 71.8 Å². The average Bonchev–Trinajstić information content (AvgIpc) is 2.66. The van der Waals surface area contributed by atoms with Gasteiger partial charge in [-0.1, -0.05) is 60.7 Å². The van der Waals surface area contributed by atoms with Crippen LogP contribution in [0.5, 0.6) is 0 Å². The van der Waals surface area contributed by atoms with Crippen molar-refractivity contribution < 1.29 is 23.8 Å². The van der Waals surface area contributed by atoms with Gasteiger partial charge in [-0.25, -0.2) is 9.59 Å². The second-order valence-corrected chi connectivity index (χ2v) is 7.29. The van der Waals surface area contributed by atoms with Gasteiger partial charge in [0.05, 0.1) is 13.2 Å². The van der Waals surface area contributed by atoms with Gasteiger partial charge in [0.25, 0.3) is 0 Å². The number of rotatable bonds is 8. The van der Waals surface area contributed by atoms with Crippen LogP contribution in [0.1, 0.15) is 31.9 Å². The van der Waals surface area contributed by atoms with Gasteiger partial charge < -0.3 is 19.5 Å². The lowest BCUT2D eigenvalue weighted by Crippen LogP contribution is -2.47. The second-order valence-electron chi connectivity index (χ2n) is 7.29. The van der Waals surface area contributed by atoms with E-state index >= 15 is 0 Å². The number of benzene rings is 2. The first kappa shape index (κ1) is 21.4. The van der Waals surface area contributed by atoms with Crippen molar-refractivity contribution in [2.24, 2.45) is 0 Å². The van der Waals surface area contributed by atoms with Crippen LogP contribution in [0.2, 0.25) is 0 Å². The fraction of sp³-hybridized carbons (Fsp3) is 0.364. The Labute approximate surface area is 165 Å². The van der Waals surface area contributed by atoms with Crippen molar-refractivity contribution in [3.8, 4) is 0 Å². The molecule has 6 nitrogen and oxygen atoms in total. The monoisotopic (exact) mass is 385 g/mol. The standard InChI is InChI=1S/C22H27NO5/c1-22(2,3)28-20(24)19(16-26-14-17-10-6-4-7-11-17)23-21(25)27-15-18-12-8-5-9-13-18/h4-13,19H,14-16H2,1-3H3,(H,23,25)/t19-/m0/s1. The van der Waals surface area contributed by atoms with Crippen molar-refractivity contribution in [3.63, 3.8) is 0 Å². The maximum atomic E-state index is 12.4. The van der Waals surface area contributed by atoms with Crippen molar-refractivity contribution in [1.82, 2.24) is 5.32 Å². The van der Waals surface area contributed by atoms with Crippen LogP contribution < -0.4 is 5.32 Å². The van der Waals surface area contributed by atoms with Crippen LogP contribution in [0.15, 0.2) is 60.7 Å². The van der Waals surface area contributed by atoms with Crippen molar-refractivity contribution in [1.29, 1.82) is 0 Å². The maximum absolute atomic E-state index is 12.4. The Kier molecular flexibility index (Phi) is 8.02. The van der Waals surface area contributed by atoms with E-state index in [1.807, 2.05) is 60.7 Å². The van der Waals surface area contributed by atoms with Crippen LogP contribution in [-0.2, 0) is 32.2 Å². The van der Waals surface area contributed by atoms with Gasteiger partial charge in [0.1, 0.15) is 12.2 Å². The molecule has 1 N–H and O–H groups in total. The Hall–Kier alpha value is -2.86. The zero-order valence-electron chi connectivity index (χ0n) is 16.5. The highest BCUT2D eigenvalue weighted by atomic mass is 16.6. The van der Waals surface area contributed by atoms with Gasteiger partial charge in [-0.3, -0.25) is 0 Å². The highest BCUT2D eigenvalue weighted by Gasteiger charge is 2.27. The summed E-state index contributed by atoms with van der Waals surface area (Å²) < 4.78 is 16.2. The topological polar surface area (TPSA) is 73.9 Å². The number of nitrogens with one attached hydrogen (secondary N) is 1. The summed E-state index contributed by atoms with van der Waals surface area (Å²) in [6.07, 6.45) is -0.706. The summed E-state index contributed by atoms with van der Waals surface area (Å²) in [6, 6.07) is 17.9. The summed E-state index contributed by atoms with van der Waals surface area (Å²) in [5.74, 6) is -0.572. The van der Waals surface area contributed by atoms with E-state index in [1.165, 1.54) is 0 Å². The molecule has 2 aromatic carbocycles. The lowest BCUT2D eigenvalue weighted by atomic mass is 10.2. The lowest BCUT2D eigenvalue weighted by molar-refractivity contribution is -0.159. The van der Waals surface area contributed by atoms with Gasteiger partial charge in [-0.05, 0) is 31.9 Å². The number of hydrogen-bond donors (Lipinski definition) is 1. The predicted octanol–water partition coefficient (Wildman–Crippen LogP) is 3.84. The minimum atomic E-state index is -0.966. The highest BCUT2D eigenvalue weighted by Crippen LogP contribution is 2.10. The molecular formula is C22H27NO5. The molecule has 0 saturated carbocycles. The molecule has 2 aromatic rings. The summed E-state index contributed by atoms with van der Waals surface area (Å²) in [6.45, 7) is 5.70. The quantitative estimate of drug-likeness (QED) is 0.699. The first-order valence-corrected chi connectivity index (χ1v) is 9.15. The summed E-state index contributed by atoms with van der Waals surface area (Å²) >= 11 is 0. The summed E-state index contributed by atoms with van der Waals surface area (Å²) in [5.41, 5.74) is 1.15. The maximum Gasteiger partial charge on any atom is 0.408 e. The van der Waals surface area contributed by atoms with Crippen LogP contribution in [0.4, 0.5) is 4.79 Å². The Balaban J connectivity index is 1.90. The third-order valence-corrected chi connectivity index (χ3v) is 3.59. The van der Waals surface area contributed by atoms with E-state index in [0.29, 0.717) is 6.61 Å². The van der Waals surface area contributed by atoms with E-state index in [0.717, 1.165) is 11.1 Å². The normalized spacial score (nSPS) is 12.1. The molecule has 0 fully saturated rings. The molecule has 0 aliphatic heterocycles. The molecule has 0 radical (unpaired) electrons. The Morgan fingerprint density at radius 3 is 1.96 bits per heavy atom. The van der Waals surface area contributed by atoms with Crippen LogP contribution in [-0.4, -0.2) is 30.3 Å². The van der Waals surface area contributed by atoms with Crippen molar-refractivity contribution in [2.75, 3.05) is 6.61 Å². The number of esters is 1. The Morgan fingerprint density at radius 2 is 1.43 bits per heavy atom. The van der Waals surface area contributed by atoms with Gasteiger partial charge >= 0.3 is 12.1 Å². The summed E-state index contributed by atoms with van der Waals surface area (Å²) in [7, 11) is 0. The third-order valence-electron chi connectivity index (χ3n) is 3.59. The van der Waals surface area contributed by atoms with E-state index in [9.17, 15) is 9.59 Å². The Morgan fingerprint density at radius 1 is 0.893 bits per heavy atom. The molecule has 1 atom stereocenters. The van der Waals surface area contributed by atoms with Crippen LogP contribution in [0.3, 0.4) is 0 Å². The highest BCUT2D eigenvalue weighted by molar-refractivity contribution is 5.81. The molecule has 0 heterocycles. The molecule has 0 unspecified atom stereocenters. The first-order valence-electron chi connectivity index (χ1n) is 9.15. The first-order chi connectivity index (χ1) is 13.3. The summed E-state index contributed by atoms with van der Waals surface area (Å²) in [5, 5.41) is 2.54. The largest absolute Gasteiger partial charge is 0.458 e. The number of ether oxygens (including phenoxy) is 3. The zero-order valence-corrected chi connectivity index (χ0v) is 16.5. The van der Waals surface area contributed by atoms with E-state index in [2.05, 4.69) is 5.32 Å². The molecule has 28 heavy (non-hydrogen) atoms. The number of carbonyl (C=O) groups is 2. The third kappa shape index (κ3) is 8.22. The number of amides is 1. The number of carbonyl (C=O) groups excluding carboxylic acids is 2. The molecule has 0 bridgehead atoms. The molecule has 0 aliphatic rings. The molecule has 6 heteroatoms. The second kappa shape index (κ2) is 10.5. The van der Waals surface area contributed by atoms with Crippen molar-refractivity contribution >= 4 is 12.1 Å². The smallest absolute Gasteiger partial charge is 0.408 e. The lowest BCUT2D eigenvalue weighted by Gasteiger charge is -2.24. The summed E-state index contributed by atoms with van der Waals surface area (Å²) in [4.78, 5) is 24.6. The van der Waals surface area contributed by atoms with E-state index in [1.54, 1.807) is 20.8 Å². The van der Waals surface area contributed by atoms with Gasteiger partial charge in [-0.2, -0.15) is 0 Å². The van der Waals surface area contributed by atoms with Gasteiger partial charge in [-0.15, -0.1) is 0 Å². The molecule has 1 amide bonds. The van der Waals surface area contributed by atoms with Crippen LogP contribution in [0.25, 0.3) is 0 Å². The van der Waals surface area contributed by atoms with Crippen LogP contribution in [0, 0.1) is 0 Å². The van der Waals surface area contributed by atoms with E-state index in [4.69, 9.17) is 14.2 Å². The number of hydrogen-bond acceptors (Lipinski definition) is 5. The van der Waals surface area contributed by atoms with E-state index in [-0.39, 0.29) is 13.2 Å². The molecule has 0 aliphatic carbocycles.